The van der Waals surface area contributed by atoms with Crippen LogP contribution in [0.15, 0.2) is 53.1 Å². The van der Waals surface area contributed by atoms with Crippen LogP contribution < -0.4 is 10.1 Å². The maximum absolute atomic E-state index is 12.8. The van der Waals surface area contributed by atoms with Gasteiger partial charge in [0.2, 0.25) is 5.91 Å². The summed E-state index contributed by atoms with van der Waals surface area (Å²) in [7, 11) is 0. The van der Waals surface area contributed by atoms with Crippen molar-refractivity contribution in [1.82, 2.24) is 5.32 Å². The average Bonchev–Trinajstić information content (AvgIpc) is 3.38. The summed E-state index contributed by atoms with van der Waals surface area (Å²) >= 11 is 0. The van der Waals surface area contributed by atoms with Crippen LogP contribution in [0.5, 0.6) is 5.75 Å². The molecule has 2 saturated carbocycles. The molecule has 2 aromatic rings. The Morgan fingerprint density at radius 1 is 1.11 bits per heavy atom. The molecule has 35 heavy (non-hydrogen) atoms. The number of amides is 1. The number of benzene rings is 1. The predicted octanol–water partition coefficient (Wildman–Crippen LogP) is 4.30. The summed E-state index contributed by atoms with van der Waals surface area (Å²) in [5.41, 5.74) is -0.329. The Hall–Kier alpha value is -2.35. The Morgan fingerprint density at radius 3 is 2.71 bits per heavy atom. The van der Waals surface area contributed by atoms with Crippen LogP contribution in [0.1, 0.15) is 51.7 Å². The van der Waals surface area contributed by atoms with Gasteiger partial charge in [-0.05, 0) is 67.2 Å². The minimum absolute atomic E-state index is 0.0473. The van der Waals surface area contributed by atoms with E-state index in [1.165, 1.54) is 0 Å². The molecule has 1 amide bonds. The van der Waals surface area contributed by atoms with E-state index in [0.717, 1.165) is 30.8 Å². The predicted molar refractivity (Wildman–Crippen MR) is 129 cm³/mol. The van der Waals surface area contributed by atoms with Crippen molar-refractivity contribution in [2.45, 2.75) is 71.0 Å². The van der Waals surface area contributed by atoms with Gasteiger partial charge >= 0.3 is 0 Å². The zero-order chi connectivity index (χ0) is 24.5. The van der Waals surface area contributed by atoms with Crippen molar-refractivity contribution in [3.05, 3.63) is 54.5 Å². The smallest absolute Gasteiger partial charge is 0.220 e. The zero-order valence-electron chi connectivity index (χ0n) is 20.7. The second kappa shape index (κ2) is 9.96. The molecule has 2 N–H and O–H groups in total. The molecule has 2 aliphatic carbocycles. The van der Waals surface area contributed by atoms with Crippen molar-refractivity contribution in [1.29, 1.82) is 0 Å². The van der Waals surface area contributed by atoms with Crippen molar-refractivity contribution in [3.63, 3.8) is 0 Å². The lowest BCUT2D eigenvalue weighted by atomic mass is 9.46. The summed E-state index contributed by atoms with van der Waals surface area (Å²) in [5, 5.41) is 14.0. The highest BCUT2D eigenvalue weighted by molar-refractivity contribution is 5.76. The van der Waals surface area contributed by atoms with Gasteiger partial charge in [-0.15, -0.1) is 0 Å². The van der Waals surface area contributed by atoms with Crippen molar-refractivity contribution in [2.75, 3.05) is 13.2 Å². The van der Waals surface area contributed by atoms with Gasteiger partial charge in [-0.1, -0.05) is 32.0 Å². The molecule has 7 unspecified atom stereocenters. The number of ether oxygens (including phenoxy) is 3. The minimum atomic E-state index is -0.483. The Morgan fingerprint density at radius 2 is 1.94 bits per heavy atom. The van der Waals surface area contributed by atoms with Crippen molar-refractivity contribution in [3.8, 4) is 5.75 Å². The highest BCUT2D eigenvalue weighted by Gasteiger charge is 2.61. The average molecular weight is 484 g/mol. The number of rotatable bonds is 7. The van der Waals surface area contributed by atoms with Crippen LogP contribution in [-0.4, -0.2) is 42.7 Å². The fraction of sp³-hybridized carbons (Fsp3) is 0.607. The van der Waals surface area contributed by atoms with Crippen molar-refractivity contribution < 1.29 is 28.5 Å². The highest BCUT2D eigenvalue weighted by atomic mass is 16.7. The summed E-state index contributed by atoms with van der Waals surface area (Å²) in [5.74, 6) is 1.68. The fourth-order valence-corrected chi connectivity index (χ4v) is 6.93. The van der Waals surface area contributed by atoms with E-state index in [1.807, 2.05) is 42.5 Å². The highest BCUT2D eigenvalue weighted by Crippen LogP contribution is 2.62. The largest absolute Gasteiger partial charge is 0.488 e. The van der Waals surface area contributed by atoms with E-state index in [2.05, 4.69) is 19.2 Å². The maximum atomic E-state index is 12.8. The fourth-order valence-electron chi connectivity index (χ4n) is 6.93. The van der Waals surface area contributed by atoms with Crippen molar-refractivity contribution >= 4 is 5.91 Å². The third-order valence-corrected chi connectivity index (χ3v) is 8.81. The SMILES string of the molecule is CC12COC(COc3ccccc3)OC1CCC1(C)C(CC(=O)NCc3ccco3)C(O)CCC21. The Bertz CT molecular complexity index is 981. The summed E-state index contributed by atoms with van der Waals surface area (Å²) in [6, 6.07) is 13.4. The number of carbonyl (C=O) groups excluding carboxylic acids is 1. The van der Waals surface area contributed by atoms with Crippen LogP contribution in [0.4, 0.5) is 0 Å². The molecular formula is C28H37NO6. The van der Waals surface area contributed by atoms with Gasteiger partial charge < -0.3 is 29.1 Å². The van der Waals surface area contributed by atoms with E-state index in [0.29, 0.717) is 38.5 Å². The van der Waals surface area contributed by atoms with Gasteiger partial charge in [0.15, 0.2) is 6.29 Å². The van der Waals surface area contributed by atoms with Gasteiger partial charge in [0.25, 0.3) is 0 Å². The van der Waals surface area contributed by atoms with Gasteiger partial charge in [0, 0.05) is 11.8 Å². The summed E-state index contributed by atoms with van der Waals surface area (Å²) < 4.78 is 23.8. The Kier molecular flexibility index (Phi) is 6.93. The van der Waals surface area contributed by atoms with Crippen LogP contribution in [0, 0.1) is 22.7 Å². The molecule has 0 radical (unpaired) electrons. The summed E-state index contributed by atoms with van der Waals surface area (Å²) in [4.78, 5) is 12.8. The number of furan rings is 1. The van der Waals surface area contributed by atoms with Crippen LogP contribution in [0.3, 0.4) is 0 Å². The molecule has 1 aromatic carbocycles. The minimum Gasteiger partial charge on any atom is -0.488 e. The first kappa shape index (κ1) is 24.3. The summed E-state index contributed by atoms with van der Waals surface area (Å²) in [6.45, 7) is 5.84. The van der Waals surface area contributed by atoms with Gasteiger partial charge in [-0.3, -0.25) is 4.79 Å². The quantitative estimate of drug-likeness (QED) is 0.610. The number of aliphatic hydroxyl groups excluding tert-OH is 1. The molecule has 7 atom stereocenters. The summed E-state index contributed by atoms with van der Waals surface area (Å²) in [6.07, 6.45) is 4.50. The molecule has 7 nitrogen and oxygen atoms in total. The molecule has 190 valence electrons. The van der Waals surface area contributed by atoms with E-state index < -0.39 is 12.4 Å². The lowest BCUT2D eigenvalue weighted by Crippen LogP contribution is -2.63. The molecule has 1 aliphatic heterocycles. The van der Waals surface area contributed by atoms with Crippen LogP contribution in [0.25, 0.3) is 0 Å². The van der Waals surface area contributed by atoms with Gasteiger partial charge in [-0.25, -0.2) is 0 Å². The number of nitrogens with one attached hydrogen (secondary N) is 1. The van der Waals surface area contributed by atoms with Crippen LogP contribution in [0.2, 0.25) is 0 Å². The molecule has 1 saturated heterocycles. The van der Waals surface area contributed by atoms with E-state index in [9.17, 15) is 9.90 Å². The molecule has 2 heterocycles. The van der Waals surface area contributed by atoms with Crippen LogP contribution in [-0.2, 0) is 20.8 Å². The second-order valence-electron chi connectivity index (χ2n) is 10.9. The first-order chi connectivity index (χ1) is 16.9. The number of para-hydroxylation sites is 1. The normalized spacial score (nSPS) is 36.6. The van der Waals surface area contributed by atoms with E-state index in [4.69, 9.17) is 18.6 Å². The lowest BCUT2D eigenvalue weighted by molar-refractivity contribution is -0.313. The number of fused-ring (bicyclic) bond motifs is 3. The molecule has 5 rings (SSSR count). The lowest BCUT2D eigenvalue weighted by Gasteiger charge is -2.62. The molecule has 3 aliphatic rings. The number of carbonyl (C=O) groups is 1. The van der Waals surface area contributed by atoms with Gasteiger partial charge in [0.1, 0.15) is 18.1 Å². The number of hydrogen-bond acceptors (Lipinski definition) is 6. The first-order valence-corrected chi connectivity index (χ1v) is 12.8. The molecule has 1 aromatic heterocycles. The number of hydrogen-bond donors (Lipinski definition) is 2. The zero-order valence-corrected chi connectivity index (χ0v) is 20.7. The maximum Gasteiger partial charge on any atom is 0.220 e. The van der Waals surface area contributed by atoms with Crippen molar-refractivity contribution in [2.24, 2.45) is 22.7 Å². The van der Waals surface area contributed by atoms with Gasteiger partial charge in [0.05, 0.1) is 31.6 Å². The third kappa shape index (κ3) is 4.86. The van der Waals surface area contributed by atoms with E-state index >= 15 is 0 Å². The topological polar surface area (TPSA) is 90.2 Å². The molecule has 7 heteroatoms. The monoisotopic (exact) mass is 483 g/mol. The molecule has 0 bridgehead atoms. The van der Waals surface area contributed by atoms with Crippen LogP contribution >= 0.6 is 0 Å². The third-order valence-electron chi connectivity index (χ3n) is 8.81. The Labute approximate surface area is 207 Å². The number of aliphatic hydroxyl groups is 1. The Balaban J connectivity index is 1.23. The second-order valence-corrected chi connectivity index (χ2v) is 10.9. The van der Waals surface area contributed by atoms with E-state index in [-0.39, 0.29) is 28.8 Å². The molecule has 0 spiro atoms. The molecular weight excluding hydrogens is 446 g/mol. The standard InChI is InChI=1S/C28H37NO6/c1-27-13-12-24-28(2,18-34-26(35-24)17-33-19-7-4-3-5-8-19)23(27)11-10-22(30)21(27)15-25(31)29-16-20-9-6-14-32-20/h3-9,14,21-24,26,30H,10-13,15-18H2,1-2H3,(H,29,31). The van der Waals surface area contributed by atoms with E-state index in [1.54, 1.807) is 6.26 Å². The molecule has 3 fully saturated rings. The first-order valence-electron chi connectivity index (χ1n) is 12.8. The van der Waals surface area contributed by atoms with Gasteiger partial charge in [-0.2, -0.15) is 0 Å².